The minimum Gasteiger partial charge on any atom is -0.451 e. The number of carbonyl (C=O) groups excluding carboxylic acids is 1. The van der Waals surface area contributed by atoms with Gasteiger partial charge in [0.05, 0.1) is 10.7 Å². The van der Waals surface area contributed by atoms with E-state index in [1.54, 1.807) is 30.3 Å². The molecule has 122 valence electrons. The number of hydrogen-bond acceptors (Lipinski definition) is 3. The molecule has 0 unspecified atom stereocenters. The van der Waals surface area contributed by atoms with Crippen LogP contribution in [-0.4, -0.2) is 5.91 Å². The number of anilines is 2. The van der Waals surface area contributed by atoms with Crippen molar-refractivity contribution in [3.05, 3.63) is 68.3 Å². The van der Waals surface area contributed by atoms with Crippen molar-refractivity contribution in [2.24, 2.45) is 0 Å². The molecule has 0 saturated heterocycles. The molecule has 2 aromatic carbocycles. The third-order valence-corrected chi connectivity index (χ3v) is 4.77. The molecule has 7 heteroatoms. The van der Waals surface area contributed by atoms with E-state index in [9.17, 15) is 4.79 Å². The molecular formula is C17H11Br2ClN2O2. The van der Waals surface area contributed by atoms with E-state index < -0.39 is 0 Å². The maximum atomic E-state index is 12.3. The topological polar surface area (TPSA) is 68.3 Å². The summed E-state index contributed by atoms with van der Waals surface area (Å²) in [6.07, 6.45) is 0. The van der Waals surface area contributed by atoms with Gasteiger partial charge < -0.3 is 15.5 Å². The zero-order valence-corrected chi connectivity index (χ0v) is 16.1. The number of rotatable bonds is 3. The molecule has 0 radical (unpaired) electrons. The van der Waals surface area contributed by atoms with Crippen LogP contribution in [0.15, 0.2) is 61.9 Å². The summed E-state index contributed by atoms with van der Waals surface area (Å²) in [6, 6.07) is 14.0. The number of benzene rings is 2. The second-order valence-corrected chi connectivity index (χ2v) is 7.16. The smallest absolute Gasteiger partial charge is 0.291 e. The van der Waals surface area contributed by atoms with Crippen LogP contribution in [0, 0.1) is 0 Å². The fourth-order valence-electron chi connectivity index (χ4n) is 2.11. The number of furan rings is 1. The second-order valence-electron chi connectivity index (χ2n) is 4.98. The quantitative estimate of drug-likeness (QED) is 0.464. The minimum absolute atomic E-state index is 0.202. The molecule has 3 rings (SSSR count). The van der Waals surface area contributed by atoms with Crippen LogP contribution in [0.25, 0.3) is 11.3 Å². The van der Waals surface area contributed by atoms with Gasteiger partial charge >= 0.3 is 0 Å². The van der Waals surface area contributed by atoms with Crippen LogP contribution >= 0.6 is 43.5 Å². The zero-order chi connectivity index (χ0) is 17.3. The van der Waals surface area contributed by atoms with E-state index in [4.69, 9.17) is 21.8 Å². The van der Waals surface area contributed by atoms with Crippen molar-refractivity contribution in [2.75, 3.05) is 11.1 Å². The lowest BCUT2D eigenvalue weighted by Crippen LogP contribution is -2.11. The van der Waals surface area contributed by atoms with E-state index >= 15 is 0 Å². The van der Waals surface area contributed by atoms with Crippen molar-refractivity contribution in [2.45, 2.75) is 0 Å². The number of nitrogens with one attached hydrogen (secondary N) is 1. The first-order chi connectivity index (χ1) is 11.4. The summed E-state index contributed by atoms with van der Waals surface area (Å²) in [4.78, 5) is 12.3. The van der Waals surface area contributed by atoms with E-state index in [0.29, 0.717) is 22.2 Å². The lowest BCUT2D eigenvalue weighted by atomic mass is 10.2. The number of amides is 1. The summed E-state index contributed by atoms with van der Waals surface area (Å²) in [6.45, 7) is 0. The van der Waals surface area contributed by atoms with Gasteiger partial charge in [-0.3, -0.25) is 4.79 Å². The number of hydrogen-bond donors (Lipinski definition) is 2. The SMILES string of the molecule is Nc1cc(NC(=O)c2ccc(-c3ccc(Br)cc3Br)o2)ccc1Cl. The molecule has 3 aromatic rings. The highest BCUT2D eigenvalue weighted by Crippen LogP contribution is 2.32. The zero-order valence-electron chi connectivity index (χ0n) is 12.1. The van der Waals surface area contributed by atoms with Crippen molar-refractivity contribution >= 4 is 60.7 Å². The van der Waals surface area contributed by atoms with Gasteiger partial charge in [-0.05, 0) is 64.5 Å². The van der Waals surface area contributed by atoms with Crippen molar-refractivity contribution in [3.63, 3.8) is 0 Å². The maximum absolute atomic E-state index is 12.3. The molecule has 0 aliphatic heterocycles. The highest BCUT2D eigenvalue weighted by molar-refractivity contribution is 9.11. The molecular weight excluding hydrogens is 459 g/mol. The van der Waals surface area contributed by atoms with Crippen LogP contribution in [0.5, 0.6) is 0 Å². The van der Waals surface area contributed by atoms with Crippen molar-refractivity contribution in [1.29, 1.82) is 0 Å². The van der Waals surface area contributed by atoms with Gasteiger partial charge in [0, 0.05) is 20.2 Å². The van der Waals surface area contributed by atoms with Crippen LogP contribution in [0.1, 0.15) is 10.6 Å². The van der Waals surface area contributed by atoms with Crippen LogP contribution in [-0.2, 0) is 0 Å². The Kier molecular flexibility index (Phi) is 4.99. The van der Waals surface area contributed by atoms with E-state index in [0.717, 1.165) is 14.5 Å². The van der Waals surface area contributed by atoms with Gasteiger partial charge in [-0.1, -0.05) is 27.5 Å². The molecule has 0 bridgehead atoms. The molecule has 0 fully saturated rings. The van der Waals surface area contributed by atoms with Gasteiger partial charge in [0.25, 0.3) is 5.91 Å². The van der Waals surface area contributed by atoms with Crippen molar-refractivity contribution in [3.8, 4) is 11.3 Å². The first-order valence-electron chi connectivity index (χ1n) is 6.85. The first-order valence-corrected chi connectivity index (χ1v) is 8.82. The normalized spacial score (nSPS) is 10.6. The van der Waals surface area contributed by atoms with Gasteiger partial charge in [-0.25, -0.2) is 0 Å². The lowest BCUT2D eigenvalue weighted by Gasteiger charge is -2.05. The Morgan fingerprint density at radius 3 is 2.58 bits per heavy atom. The van der Waals surface area contributed by atoms with Crippen LogP contribution in [0.4, 0.5) is 11.4 Å². The van der Waals surface area contributed by atoms with Crippen molar-refractivity contribution < 1.29 is 9.21 Å². The summed E-state index contributed by atoms with van der Waals surface area (Å²) in [7, 11) is 0. The molecule has 0 aliphatic carbocycles. The average molecular weight is 471 g/mol. The van der Waals surface area contributed by atoms with Crippen LogP contribution in [0.3, 0.4) is 0 Å². The minimum atomic E-state index is -0.365. The number of nitrogen functional groups attached to an aromatic ring is 1. The number of nitrogens with two attached hydrogens (primary N) is 1. The molecule has 0 atom stereocenters. The molecule has 1 heterocycles. The van der Waals surface area contributed by atoms with Gasteiger partial charge in [0.1, 0.15) is 5.76 Å². The summed E-state index contributed by atoms with van der Waals surface area (Å²) >= 11 is 12.7. The Morgan fingerprint density at radius 2 is 1.88 bits per heavy atom. The number of halogens is 3. The average Bonchev–Trinajstić information content (AvgIpc) is 3.01. The van der Waals surface area contributed by atoms with Crippen LogP contribution < -0.4 is 11.1 Å². The molecule has 0 saturated carbocycles. The number of carbonyl (C=O) groups is 1. The van der Waals surface area contributed by atoms with Gasteiger partial charge in [-0.2, -0.15) is 0 Å². The summed E-state index contributed by atoms with van der Waals surface area (Å²) < 4.78 is 7.48. The van der Waals surface area contributed by atoms with Gasteiger partial charge in [0.15, 0.2) is 5.76 Å². The molecule has 3 N–H and O–H groups in total. The van der Waals surface area contributed by atoms with E-state index in [1.165, 1.54) is 0 Å². The molecule has 24 heavy (non-hydrogen) atoms. The standard InChI is InChI=1S/C17H11Br2ClN2O2/c18-9-1-3-11(12(19)7-9)15-5-6-16(24-15)17(23)22-10-2-4-13(20)14(21)8-10/h1-8H,21H2,(H,22,23). The Labute approximate surface area is 160 Å². The molecule has 0 aliphatic rings. The highest BCUT2D eigenvalue weighted by Gasteiger charge is 2.14. The Morgan fingerprint density at radius 1 is 1.08 bits per heavy atom. The fourth-order valence-corrected chi connectivity index (χ4v) is 3.47. The van der Waals surface area contributed by atoms with E-state index in [2.05, 4.69) is 37.2 Å². The monoisotopic (exact) mass is 468 g/mol. The molecule has 0 spiro atoms. The van der Waals surface area contributed by atoms with Gasteiger partial charge in [-0.15, -0.1) is 0 Å². The van der Waals surface area contributed by atoms with E-state index in [1.807, 2.05) is 18.2 Å². The van der Waals surface area contributed by atoms with Gasteiger partial charge in [0.2, 0.25) is 0 Å². The molecule has 1 aromatic heterocycles. The third-order valence-electron chi connectivity index (χ3n) is 3.28. The maximum Gasteiger partial charge on any atom is 0.291 e. The Balaban J connectivity index is 1.82. The first kappa shape index (κ1) is 17.1. The molecule has 4 nitrogen and oxygen atoms in total. The summed E-state index contributed by atoms with van der Waals surface area (Å²) in [5.41, 5.74) is 7.53. The summed E-state index contributed by atoms with van der Waals surface area (Å²) in [5, 5.41) is 3.16. The predicted octanol–water partition coefficient (Wildman–Crippen LogP) is 5.96. The highest BCUT2D eigenvalue weighted by atomic mass is 79.9. The Hall–Kier alpha value is -1.76. The fraction of sp³-hybridized carbons (Fsp3) is 0. The lowest BCUT2D eigenvalue weighted by molar-refractivity contribution is 0.0997. The van der Waals surface area contributed by atoms with Crippen LogP contribution in [0.2, 0.25) is 5.02 Å². The summed E-state index contributed by atoms with van der Waals surface area (Å²) in [5.74, 6) is 0.430. The van der Waals surface area contributed by atoms with Crippen molar-refractivity contribution in [1.82, 2.24) is 0 Å². The second kappa shape index (κ2) is 7.01. The Bertz CT molecular complexity index is 925. The third kappa shape index (κ3) is 3.66. The molecule has 1 amide bonds. The predicted molar refractivity (Wildman–Crippen MR) is 103 cm³/mol. The van der Waals surface area contributed by atoms with E-state index in [-0.39, 0.29) is 11.7 Å². The largest absolute Gasteiger partial charge is 0.451 e.